The molecule has 1 fully saturated rings. The molecule has 23 heavy (non-hydrogen) atoms. The third-order valence-corrected chi connectivity index (χ3v) is 4.88. The molecule has 1 N–H and O–H groups in total. The highest BCUT2D eigenvalue weighted by molar-refractivity contribution is 7.10. The first-order chi connectivity index (χ1) is 11.1. The molecule has 1 aliphatic heterocycles. The van der Waals surface area contributed by atoms with E-state index in [0.717, 1.165) is 13.1 Å². The van der Waals surface area contributed by atoms with E-state index < -0.39 is 16.7 Å². The van der Waals surface area contributed by atoms with Crippen molar-refractivity contribution in [2.24, 2.45) is 0 Å². The fourth-order valence-electron chi connectivity index (χ4n) is 2.77. The monoisotopic (exact) mass is 335 g/mol. The normalized spacial score (nSPS) is 16.3. The van der Waals surface area contributed by atoms with Crippen LogP contribution in [0.25, 0.3) is 0 Å². The van der Waals surface area contributed by atoms with Crippen LogP contribution in [-0.4, -0.2) is 35.4 Å². The zero-order chi connectivity index (χ0) is 16.2. The first kappa shape index (κ1) is 15.7. The van der Waals surface area contributed by atoms with Crippen molar-refractivity contribution in [2.75, 3.05) is 19.6 Å². The summed E-state index contributed by atoms with van der Waals surface area (Å²) in [6.07, 6.45) is 2.33. The first-order valence-electron chi connectivity index (χ1n) is 7.45. The van der Waals surface area contributed by atoms with Crippen molar-refractivity contribution in [3.8, 4) is 0 Å². The maximum absolute atomic E-state index is 12.1. The molecular weight excluding hydrogens is 318 g/mol. The van der Waals surface area contributed by atoms with Crippen LogP contribution in [0.1, 0.15) is 34.3 Å². The second-order valence-electron chi connectivity index (χ2n) is 5.38. The summed E-state index contributed by atoms with van der Waals surface area (Å²) in [7, 11) is 0. The van der Waals surface area contributed by atoms with E-state index in [2.05, 4.69) is 16.3 Å². The van der Waals surface area contributed by atoms with Gasteiger partial charge in [-0.2, -0.15) is 0 Å². The van der Waals surface area contributed by atoms with Gasteiger partial charge in [0.05, 0.1) is 12.1 Å². The van der Waals surface area contributed by atoms with E-state index in [1.165, 1.54) is 29.9 Å². The predicted molar refractivity (Wildman–Crippen MR) is 85.6 cm³/mol. The van der Waals surface area contributed by atoms with Gasteiger partial charge in [-0.25, -0.2) is 0 Å². The third-order valence-electron chi connectivity index (χ3n) is 3.90. The highest BCUT2D eigenvalue weighted by Crippen LogP contribution is 2.28. The van der Waals surface area contributed by atoms with Gasteiger partial charge in [-0.15, -0.1) is 11.3 Å². The van der Waals surface area contributed by atoms with Gasteiger partial charge < -0.3 is 9.73 Å². The van der Waals surface area contributed by atoms with E-state index in [9.17, 15) is 14.9 Å². The Morgan fingerprint density at radius 1 is 1.39 bits per heavy atom. The molecule has 0 radical (unpaired) electrons. The minimum Gasteiger partial charge on any atom is -0.395 e. The number of nitrogens with one attached hydrogen (secondary N) is 1. The Labute approximate surface area is 137 Å². The lowest BCUT2D eigenvalue weighted by Gasteiger charge is -2.26. The minimum atomic E-state index is -0.657. The number of nitrogens with zero attached hydrogens (tertiary/aromatic N) is 2. The van der Waals surface area contributed by atoms with E-state index in [1.54, 1.807) is 11.3 Å². The summed E-state index contributed by atoms with van der Waals surface area (Å²) in [5, 5.41) is 15.5. The predicted octanol–water partition coefficient (Wildman–Crippen LogP) is 2.82. The van der Waals surface area contributed by atoms with Crippen molar-refractivity contribution < 1.29 is 14.1 Å². The van der Waals surface area contributed by atoms with E-state index in [-0.39, 0.29) is 11.8 Å². The van der Waals surface area contributed by atoms with Crippen LogP contribution in [0.5, 0.6) is 0 Å². The van der Waals surface area contributed by atoms with Crippen molar-refractivity contribution in [1.82, 2.24) is 10.2 Å². The summed E-state index contributed by atoms with van der Waals surface area (Å²) < 4.78 is 4.93. The van der Waals surface area contributed by atoms with Crippen LogP contribution in [0.2, 0.25) is 0 Å². The van der Waals surface area contributed by atoms with Crippen molar-refractivity contribution in [3.63, 3.8) is 0 Å². The largest absolute Gasteiger partial charge is 0.433 e. The zero-order valence-electron chi connectivity index (χ0n) is 12.4. The molecule has 122 valence electrons. The molecule has 3 rings (SSSR count). The number of hydrogen-bond acceptors (Lipinski definition) is 6. The Morgan fingerprint density at radius 2 is 2.17 bits per heavy atom. The van der Waals surface area contributed by atoms with E-state index in [0.29, 0.717) is 6.54 Å². The summed E-state index contributed by atoms with van der Waals surface area (Å²) >= 11 is 1.67. The number of thiophene rings is 1. The van der Waals surface area contributed by atoms with Gasteiger partial charge in [0.15, 0.2) is 5.76 Å². The molecule has 7 nitrogen and oxygen atoms in total. The molecule has 1 amide bonds. The van der Waals surface area contributed by atoms with Crippen molar-refractivity contribution in [1.29, 1.82) is 0 Å². The summed E-state index contributed by atoms with van der Waals surface area (Å²) in [6.45, 7) is 2.49. The maximum atomic E-state index is 12.1. The Morgan fingerprint density at radius 3 is 2.78 bits per heavy atom. The second kappa shape index (κ2) is 6.93. The van der Waals surface area contributed by atoms with E-state index in [4.69, 9.17) is 4.42 Å². The molecule has 2 aromatic rings. The van der Waals surface area contributed by atoms with Gasteiger partial charge in [0, 0.05) is 11.4 Å². The molecule has 8 heteroatoms. The first-order valence-corrected chi connectivity index (χ1v) is 8.33. The summed E-state index contributed by atoms with van der Waals surface area (Å²) in [5.41, 5.74) is 0. The molecule has 1 unspecified atom stereocenters. The Bertz CT molecular complexity index is 677. The van der Waals surface area contributed by atoms with Crippen LogP contribution in [0.15, 0.2) is 34.1 Å². The summed E-state index contributed by atoms with van der Waals surface area (Å²) in [5.74, 6) is -0.897. The topological polar surface area (TPSA) is 88.6 Å². The molecule has 0 aliphatic carbocycles. The number of carbonyl (C=O) groups is 1. The van der Waals surface area contributed by atoms with Gasteiger partial charge in [-0.1, -0.05) is 6.07 Å². The lowest BCUT2D eigenvalue weighted by molar-refractivity contribution is -0.402. The van der Waals surface area contributed by atoms with Crippen LogP contribution >= 0.6 is 11.3 Å². The SMILES string of the molecule is O=C(NCC(c1cccs1)N1CCCC1)c1ccc([N+](=O)[O-])o1. The lowest BCUT2D eigenvalue weighted by atomic mass is 10.2. The van der Waals surface area contributed by atoms with Crippen LogP contribution in [0.4, 0.5) is 5.88 Å². The van der Waals surface area contributed by atoms with Crippen molar-refractivity contribution in [2.45, 2.75) is 18.9 Å². The molecule has 0 aromatic carbocycles. The van der Waals surface area contributed by atoms with Gasteiger partial charge in [0.2, 0.25) is 0 Å². The van der Waals surface area contributed by atoms with E-state index >= 15 is 0 Å². The van der Waals surface area contributed by atoms with Gasteiger partial charge in [-0.3, -0.25) is 19.8 Å². The molecule has 2 aromatic heterocycles. The van der Waals surface area contributed by atoms with Gasteiger partial charge in [-0.05, 0) is 43.4 Å². The number of likely N-dealkylation sites (tertiary alicyclic amines) is 1. The molecule has 0 spiro atoms. The van der Waals surface area contributed by atoms with Crippen molar-refractivity contribution in [3.05, 3.63) is 50.4 Å². The zero-order valence-corrected chi connectivity index (χ0v) is 13.3. The molecule has 0 saturated carbocycles. The fourth-order valence-corrected chi connectivity index (χ4v) is 3.63. The molecule has 1 aliphatic rings. The number of carbonyl (C=O) groups excluding carboxylic acids is 1. The average molecular weight is 335 g/mol. The Balaban J connectivity index is 1.65. The highest BCUT2D eigenvalue weighted by atomic mass is 32.1. The smallest absolute Gasteiger partial charge is 0.395 e. The fraction of sp³-hybridized carbons (Fsp3) is 0.400. The summed E-state index contributed by atoms with van der Waals surface area (Å²) in [4.78, 5) is 25.6. The van der Waals surface area contributed by atoms with Gasteiger partial charge in [0.25, 0.3) is 5.91 Å². The standard InChI is InChI=1S/C15H17N3O4S/c19-15(12-5-6-14(22-12)18(20)21)16-10-11(13-4-3-9-23-13)17-7-1-2-8-17/h3-6,9,11H,1-2,7-8,10H2,(H,16,19). The number of furan rings is 1. The van der Waals surface area contributed by atoms with Crippen LogP contribution in [0.3, 0.4) is 0 Å². The van der Waals surface area contributed by atoms with Gasteiger partial charge in [0.1, 0.15) is 4.92 Å². The van der Waals surface area contributed by atoms with Gasteiger partial charge >= 0.3 is 5.88 Å². The Hall–Kier alpha value is -2.19. The summed E-state index contributed by atoms with van der Waals surface area (Å²) in [6, 6.07) is 6.71. The number of amides is 1. The van der Waals surface area contributed by atoms with Crippen LogP contribution in [0, 0.1) is 10.1 Å². The lowest BCUT2D eigenvalue weighted by Crippen LogP contribution is -2.36. The average Bonchev–Trinajstić information content (AvgIpc) is 3.29. The molecule has 0 bridgehead atoms. The molecule has 3 heterocycles. The number of hydrogen-bond donors (Lipinski definition) is 1. The molecule has 1 saturated heterocycles. The van der Waals surface area contributed by atoms with Crippen LogP contribution in [-0.2, 0) is 0 Å². The quantitative estimate of drug-likeness (QED) is 0.648. The third kappa shape index (κ3) is 3.59. The van der Waals surface area contributed by atoms with Crippen LogP contribution < -0.4 is 5.32 Å². The Kier molecular flexibility index (Phi) is 4.73. The minimum absolute atomic E-state index is 0.0388. The van der Waals surface area contributed by atoms with Crippen molar-refractivity contribution >= 4 is 23.1 Å². The number of rotatable bonds is 6. The molecular formula is C15H17N3O4S. The number of nitro groups is 1. The van der Waals surface area contributed by atoms with E-state index in [1.807, 2.05) is 11.4 Å². The molecule has 1 atom stereocenters. The maximum Gasteiger partial charge on any atom is 0.433 e. The highest BCUT2D eigenvalue weighted by Gasteiger charge is 2.25. The second-order valence-corrected chi connectivity index (χ2v) is 6.36.